The van der Waals surface area contributed by atoms with E-state index in [1.165, 1.54) is 32.9 Å². The molecule has 1 aliphatic heterocycles. The fraction of sp³-hybridized carbons (Fsp3) is 0.333. The van der Waals surface area contributed by atoms with Crippen LogP contribution >= 0.6 is 36.6 Å². The van der Waals surface area contributed by atoms with Gasteiger partial charge in [-0.3, -0.25) is 0 Å². The van der Waals surface area contributed by atoms with Gasteiger partial charge in [0.15, 0.2) is 0 Å². The maximum Gasteiger partial charge on any atom is -0.147 e. The Labute approximate surface area is 182 Å². The first-order valence-corrected chi connectivity index (χ1v) is 23.5. The van der Waals surface area contributed by atoms with Crippen LogP contribution in [0, 0.1) is 0 Å². The maximum atomic E-state index is 2.63. The Morgan fingerprint density at radius 1 is 1.15 bits per heavy atom. The minimum Gasteiger partial charge on any atom is -0.147 e. The predicted octanol–water partition coefficient (Wildman–Crippen LogP) is 5.61. The molecular formula is C21H29Cl2NSSiZr. The third kappa shape index (κ3) is 3.24. The van der Waals surface area contributed by atoms with E-state index in [2.05, 4.69) is 84.6 Å². The Morgan fingerprint density at radius 2 is 1.81 bits per heavy atom. The molecule has 4 aliphatic rings. The Bertz CT molecular complexity index is 1000. The van der Waals surface area contributed by atoms with Gasteiger partial charge in [-0.25, -0.2) is 0 Å². The van der Waals surface area contributed by atoms with E-state index in [0.717, 1.165) is 0 Å². The van der Waals surface area contributed by atoms with Crippen molar-refractivity contribution in [2.45, 2.75) is 29.2 Å². The van der Waals surface area contributed by atoms with Crippen LogP contribution in [0.1, 0.15) is 13.8 Å². The zero-order chi connectivity index (χ0) is 18.2. The molecule has 0 spiro atoms. The maximum absolute atomic E-state index is 3.31. The molecule has 1 heterocycles. The van der Waals surface area contributed by atoms with E-state index in [0.29, 0.717) is 6.04 Å². The zero-order valence-electron chi connectivity index (χ0n) is 16.9. The van der Waals surface area contributed by atoms with Crippen LogP contribution in [0.3, 0.4) is 0 Å². The van der Waals surface area contributed by atoms with E-state index in [4.69, 9.17) is 0 Å². The number of fused-ring (bicyclic) bond motifs is 2. The second kappa shape index (κ2) is 7.36. The molecule has 3 aliphatic carbocycles. The summed E-state index contributed by atoms with van der Waals surface area (Å²) in [4.78, 5) is 3.87. The quantitative estimate of drug-likeness (QED) is 0.448. The van der Waals surface area contributed by atoms with Gasteiger partial charge >= 0.3 is 159 Å². The largest absolute Gasteiger partial charge is 0.147 e. The second-order valence-electron chi connectivity index (χ2n) is 8.68. The van der Waals surface area contributed by atoms with Crippen molar-refractivity contribution >= 4 is 43.5 Å². The van der Waals surface area contributed by atoms with Crippen LogP contribution in [0.15, 0.2) is 75.9 Å². The average Bonchev–Trinajstić information content (AvgIpc) is 3.22. The predicted molar refractivity (Wildman–Crippen MR) is 127 cm³/mol. The molecule has 6 heteroatoms. The first kappa shape index (κ1) is 23.3. The molecule has 0 saturated heterocycles. The van der Waals surface area contributed by atoms with Gasteiger partial charge in [0.25, 0.3) is 0 Å². The summed E-state index contributed by atoms with van der Waals surface area (Å²) in [7, 11) is 2.23. The Morgan fingerprint density at radius 3 is 2.44 bits per heavy atom. The molecular weight excluding hydrogens is 489 g/mol. The second-order valence-corrected chi connectivity index (χ2v) is 37.8. The Balaban J connectivity index is 0.00000131. The van der Waals surface area contributed by atoms with Gasteiger partial charge in [-0.2, -0.15) is 0 Å². The first-order valence-electron chi connectivity index (χ1n) is 8.99. The Hall–Kier alpha value is 0.01000. The number of hydrogen-bond acceptors (Lipinski definition) is 2. The summed E-state index contributed by atoms with van der Waals surface area (Å²) in [6.45, 7) is 6.98. The van der Waals surface area contributed by atoms with Crippen molar-refractivity contribution in [2.24, 2.45) is 0 Å². The molecule has 0 amide bonds. The van der Waals surface area contributed by atoms with Gasteiger partial charge in [0, 0.05) is 0 Å². The van der Waals surface area contributed by atoms with Crippen LogP contribution < -0.4 is 0 Å². The fourth-order valence-electron chi connectivity index (χ4n) is 4.92. The van der Waals surface area contributed by atoms with Crippen molar-refractivity contribution in [3.63, 3.8) is 0 Å². The monoisotopic (exact) mass is 515 g/mol. The molecule has 0 N–H and O–H groups in total. The normalized spacial score (nSPS) is 23.5. The minimum absolute atomic E-state index is 0. The van der Waals surface area contributed by atoms with Crippen molar-refractivity contribution in [3.05, 3.63) is 75.9 Å². The summed E-state index contributed by atoms with van der Waals surface area (Å²) in [5.74, 6) is 0. The molecule has 0 saturated carbocycles. The number of nitrogens with zero attached hydrogens (tertiary/aromatic N) is 1. The standard InChI is InChI=1S/C10H12N.C9H7S.2CH3.2ClH.H2Si.Zr/c1-7-4-9-6-8(2)11(3)10(9)5-7;1-10-9-6-5-7-3-2-4-8(7)9;;;;;;/h5-6,8H,1-3H3;2-3,5-6H,1H3;2*1H3;2*1H;1H2;. The molecule has 1 unspecified atom stereocenters. The smallest absolute Gasteiger partial charge is 0.147 e. The Kier molecular flexibility index (Phi) is 6.35. The summed E-state index contributed by atoms with van der Waals surface area (Å²) in [5.41, 5.74) is 7.42. The minimum atomic E-state index is -3.31. The van der Waals surface area contributed by atoms with E-state index in [-0.39, 0.29) is 24.8 Å². The van der Waals surface area contributed by atoms with Crippen LogP contribution in [0.25, 0.3) is 0 Å². The summed E-state index contributed by atoms with van der Waals surface area (Å²) in [6, 6.07) is 0.499. The van der Waals surface area contributed by atoms with Gasteiger partial charge in [0.1, 0.15) is 0 Å². The molecule has 1 atom stereocenters. The molecule has 1 nitrogen and oxygen atoms in total. The van der Waals surface area contributed by atoms with Gasteiger partial charge < -0.3 is 0 Å². The molecule has 0 aromatic rings. The van der Waals surface area contributed by atoms with E-state index in [1.807, 2.05) is 11.8 Å². The van der Waals surface area contributed by atoms with Gasteiger partial charge in [-0.15, -0.1) is 24.8 Å². The van der Waals surface area contributed by atoms with E-state index in [9.17, 15) is 0 Å². The van der Waals surface area contributed by atoms with Crippen LogP contribution in [-0.2, 0) is 17.4 Å². The van der Waals surface area contributed by atoms with E-state index >= 15 is 0 Å². The van der Waals surface area contributed by atoms with Crippen molar-refractivity contribution in [3.8, 4) is 0 Å². The van der Waals surface area contributed by atoms with Crippen molar-refractivity contribution in [1.82, 2.24) is 4.90 Å². The molecule has 4 rings (SSSR count). The summed E-state index contributed by atoms with van der Waals surface area (Å²) in [5, 5.41) is 0. The SMILES string of the molecule is CSC1=C2C(=CC=[C]2[Zr]([CH3])([CH3])(=[SiH2])[C]2=C(C)C=C3C2=CC(C)N3C)C=C1.Cl.Cl. The molecule has 0 aromatic carbocycles. The van der Waals surface area contributed by atoms with Crippen LogP contribution in [-0.4, -0.2) is 31.1 Å². The average molecular weight is 518 g/mol. The van der Waals surface area contributed by atoms with Crippen molar-refractivity contribution in [1.29, 1.82) is 0 Å². The number of allylic oxidation sites excluding steroid dienone is 10. The molecule has 146 valence electrons. The molecule has 0 radical (unpaired) electrons. The van der Waals surface area contributed by atoms with E-state index < -0.39 is 17.4 Å². The van der Waals surface area contributed by atoms with Crippen molar-refractivity contribution in [2.75, 3.05) is 13.3 Å². The zero-order valence-corrected chi connectivity index (χ0v) is 23.2. The number of likely N-dealkylation sites (N-methyl/N-ethyl adjacent to an activating group) is 1. The van der Waals surface area contributed by atoms with E-state index in [1.54, 1.807) is 6.56 Å². The number of thioether (sulfide) groups is 1. The van der Waals surface area contributed by atoms with Gasteiger partial charge in [0.05, 0.1) is 0 Å². The molecule has 0 bridgehead atoms. The van der Waals surface area contributed by atoms with Crippen LogP contribution in [0.4, 0.5) is 0 Å². The third-order valence-corrected chi connectivity index (χ3v) is 22.2. The summed E-state index contributed by atoms with van der Waals surface area (Å²) >= 11 is -1.42. The van der Waals surface area contributed by atoms with Gasteiger partial charge in [-0.05, 0) is 0 Å². The molecule has 0 fully saturated rings. The number of halogens is 2. The molecule has 27 heavy (non-hydrogen) atoms. The van der Waals surface area contributed by atoms with Crippen LogP contribution in [0.5, 0.6) is 0 Å². The van der Waals surface area contributed by atoms with Crippen molar-refractivity contribution < 1.29 is 17.4 Å². The third-order valence-electron chi connectivity index (χ3n) is 6.23. The van der Waals surface area contributed by atoms with Gasteiger partial charge in [-0.1, -0.05) is 0 Å². The van der Waals surface area contributed by atoms with Crippen LogP contribution in [0.2, 0.25) is 9.26 Å². The fourth-order valence-corrected chi connectivity index (χ4v) is 21.1. The summed E-state index contributed by atoms with van der Waals surface area (Å²) < 4.78 is 8.62. The number of hydrogen-bond donors (Lipinski definition) is 0. The first-order chi connectivity index (χ1) is 11.6. The van der Waals surface area contributed by atoms with Gasteiger partial charge in [0.2, 0.25) is 0 Å². The topological polar surface area (TPSA) is 3.24 Å². The summed E-state index contributed by atoms with van der Waals surface area (Å²) in [6.07, 6.45) is 16.5. The molecule has 0 aromatic heterocycles. The number of rotatable bonds is 3.